The molecule has 6 heteroatoms. The lowest BCUT2D eigenvalue weighted by Crippen LogP contribution is -2.15. The van der Waals surface area contributed by atoms with Crippen molar-refractivity contribution >= 4 is 29.0 Å². The Balaban J connectivity index is 2.23. The van der Waals surface area contributed by atoms with Gasteiger partial charge in [0, 0.05) is 18.1 Å². The minimum absolute atomic E-state index is 0.100. The van der Waals surface area contributed by atoms with Gasteiger partial charge in [-0.1, -0.05) is 11.6 Å². The van der Waals surface area contributed by atoms with Crippen LogP contribution in [-0.4, -0.2) is 15.9 Å². The van der Waals surface area contributed by atoms with Crippen LogP contribution in [0.25, 0.3) is 0 Å². The second-order valence-electron chi connectivity index (χ2n) is 3.26. The number of rotatable bonds is 2. The summed E-state index contributed by atoms with van der Waals surface area (Å²) in [5.74, 6) is -0.164. The fourth-order valence-corrected chi connectivity index (χ4v) is 1.43. The first-order chi connectivity index (χ1) is 8.16. The molecule has 0 radical (unpaired) electrons. The molecule has 2 heterocycles. The second kappa shape index (κ2) is 4.80. The van der Waals surface area contributed by atoms with E-state index in [1.165, 1.54) is 12.1 Å². The number of carbonyl (C=O) groups is 1. The summed E-state index contributed by atoms with van der Waals surface area (Å²) in [7, 11) is 0. The summed E-state index contributed by atoms with van der Waals surface area (Å²) in [4.78, 5) is 19.6. The van der Waals surface area contributed by atoms with E-state index in [4.69, 9.17) is 17.3 Å². The lowest BCUT2D eigenvalue weighted by Gasteiger charge is -2.06. The molecule has 2 aromatic heterocycles. The molecular formula is C11H9ClN4O. The quantitative estimate of drug-likeness (QED) is 0.851. The fourth-order valence-electron chi connectivity index (χ4n) is 1.24. The lowest BCUT2D eigenvalue weighted by molar-refractivity contribution is 0.102. The average molecular weight is 249 g/mol. The summed E-state index contributed by atoms with van der Waals surface area (Å²) in [6.45, 7) is 0. The summed E-state index contributed by atoms with van der Waals surface area (Å²) in [5.41, 5.74) is 6.22. The smallest absolute Gasteiger partial charge is 0.275 e. The van der Waals surface area contributed by atoms with Gasteiger partial charge >= 0.3 is 0 Å². The number of hydrogen-bond acceptors (Lipinski definition) is 4. The second-order valence-corrected chi connectivity index (χ2v) is 3.66. The summed E-state index contributed by atoms with van der Waals surface area (Å²) in [6, 6.07) is 6.40. The van der Waals surface area contributed by atoms with Crippen molar-refractivity contribution in [2.75, 3.05) is 11.1 Å². The van der Waals surface area contributed by atoms with Crippen molar-refractivity contribution in [3.8, 4) is 0 Å². The van der Waals surface area contributed by atoms with Crippen LogP contribution in [0.5, 0.6) is 0 Å². The predicted octanol–water partition coefficient (Wildman–Crippen LogP) is 1.96. The monoisotopic (exact) mass is 248 g/mol. The fraction of sp³-hybridized carbons (Fsp3) is 0. The molecule has 0 fully saturated rings. The maximum Gasteiger partial charge on any atom is 0.275 e. The first-order valence-corrected chi connectivity index (χ1v) is 5.18. The van der Waals surface area contributed by atoms with Gasteiger partial charge in [-0.05, 0) is 24.3 Å². The molecule has 0 spiro atoms. The standard InChI is InChI=1S/C11H9ClN4O/c12-8-1-2-9(13)16-10(8)11(17)15-7-3-5-14-6-4-7/h1-6H,(H2,13,16)(H,14,15,17). The number of nitrogens with one attached hydrogen (secondary N) is 1. The van der Waals surface area contributed by atoms with E-state index in [0.29, 0.717) is 5.69 Å². The number of pyridine rings is 2. The third-order valence-electron chi connectivity index (χ3n) is 2.02. The maximum atomic E-state index is 11.9. The Labute approximate surface area is 103 Å². The number of anilines is 2. The highest BCUT2D eigenvalue weighted by molar-refractivity contribution is 6.34. The molecule has 0 aromatic carbocycles. The Morgan fingerprint density at radius 2 is 1.94 bits per heavy atom. The molecule has 2 rings (SSSR count). The Morgan fingerprint density at radius 1 is 1.24 bits per heavy atom. The minimum atomic E-state index is -0.409. The van der Waals surface area contributed by atoms with Crippen molar-refractivity contribution in [2.24, 2.45) is 0 Å². The number of hydrogen-bond donors (Lipinski definition) is 2. The van der Waals surface area contributed by atoms with E-state index in [9.17, 15) is 4.79 Å². The third-order valence-corrected chi connectivity index (χ3v) is 2.33. The summed E-state index contributed by atoms with van der Waals surface area (Å²) in [5, 5.41) is 2.90. The summed E-state index contributed by atoms with van der Waals surface area (Å²) < 4.78 is 0. The van der Waals surface area contributed by atoms with Gasteiger partial charge in [-0.3, -0.25) is 9.78 Å². The molecule has 0 aliphatic carbocycles. The number of halogens is 1. The molecule has 0 bridgehead atoms. The average Bonchev–Trinajstić information content (AvgIpc) is 2.33. The van der Waals surface area contributed by atoms with Crippen LogP contribution in [0, 0.1) is 0 Å². The van der Waals surface area contributed by atoms with Crippen LogP contribution in [0.2, 0.25) is 5.02 Å². The topological polar surface area (TPSA) is 80.9 Å². The van der Waals surface area contributed by atoms with Crippen molar-refractivity contribution in [1.29, 1.82) is 0 Å². The van der Waals surface area contributed by atoms with Crippen LogP contribution < -0.4 is 11.1 Å². The van der Waals surface area contributed by atoms with E-state index in [2.05, 4.69) is 15.3 Å². The number of nitrogen functional groups attached to an aromatic ring is 1. The number of nitrogens with two attached hydrogens (primary N) is 1. The highest BCUT2D eigenvalue weighted by atomic mass is 35.5. The van der Waals surface area contributed by atoms with Gasteiger partial charge in [-0.25, -0.2) is 4.98 Å². The van der Waals surface area contributed by atoms with Gasteiger partial charge in [0.15, 0.2) is 0 Å². The van der Waals surface area contributed by atoms with Crippen molar-refractivity contribution in [3.63, 3.8) is 0 Å². The Hall–Kier alpha value is -2.14. The van der Waals surface area contributed by atoms with E-state index in [-0.39, 0.29) is 16.5 Å². The first kappa shape index (κ1) is 11.3. The van der Waals surface area contributed by atoms with Gasteiger partial charge in [0.1, 0.15) is 11.5 Å². The molecule has 2 aromatic rings. The molecule has 86 valence electrons. The maximum absolute atomic E-state index is 11.9. The van der Waals surface area contributed by atoms with E-state index in [0.717, 1.165) is 0 Å². The number of amides is 1. The SMILES string of the molecule is Nc1ccc(Cl)c(C(=O)Nc2ccncc2)n1. The van der Waals surface area contributed by atoms with Crippen molar-refractivity contribution in [3.05, 3.63) is 47.4 Å². The van der Waals surface area contributed by atoms with E-state index >= 15 is 0 Å². The Morgan fingerprint density at radius 3 is 2.65 bits per heavy atom. The minimum Gasteiger partial charge on any atom is -0.384 e. The van der Waals surface area contributed by atoms with Gasteiger partial charge in [0.05, 0.1) is 5.02 Å². The number of carbonyl (C=O) groups excluding carboxylic acids is 1. The van der Waals surface area contributed by atoms with Crippen molar-refractivity contribution < 1.29 is 4.79 Å². The highest BCUT2D eigenvalue weighted by Crippen LogP contribution is 2.16. The lowest BCUT2D eigenvalue weighted by atomic mass is 10.3. The first-order valence-electron chi connectivity index (χ1n) is 4.80. The molecule has 0 saturated heterocycles. The normalized spacial score (nSPS) is 9.94. The van der Waals surface area contributed by atoms with Crippen LogP contribution in [0.15, 0.2) is 36.7 Å². The Bertz CT molecular complexity index is 544. The molecule has 0 aliphatic heterocycles. The third kappa shape index (κ3) is 2.70. The summed E-state index contributed by atoms with van der Waals surface area (Å²) in [6.07, 6.45) is 3.15. The zero-order valence-corrected chi connectivity index (χ0v) is 9.48. The van der Waals surface area contributed by atoms with Gasteiger partial charge < -0.3 is 11.1 Å². The van der Waals surface area contributed by atoms with Crippen molar-refractivity contribution in [1.82, 2.24) is 9.97 Å². The molecule has 17 heavy (non-hydrogen) atoms. The molecule has 0 unspecified atom stereocenters. The van der Waals surface area contributed by atoms with Crippen LogP contribution in [-0.2, 0) is 0 Å². The van der Waals surface area contributed by atoms with Crippen molar-refractivity contribution in [2.45, 2.75) is 0 Å². The predicted molar refractivity (Wildman–Crippen MR) is 65.8 cm³/mol. The van der Waals surface area contributed by atoms with Crippen LogP contribution in [0.1, 0.15) is 10.5 Å². The zero-order valence-electron chi connectivity index (χ0n) is 8.72. The molecule has 1 amide bonds. The van der Waals surface area contributed by atoms with Crippen LogP contribution in [0.3, 0.4) is 0 Å². The van der Waals surface area contributed by atoms with Gasteiger partial charge in [0.25, 0.3) is 5.91 Å². The largest absolute Gasteiger partial charge is 0.384 e. The van der Waals surface area contributed by atoms with E-state index in [1.807, 2.05) is 0 Å². The molecule has 5 nitrogen and oxygen atoms in total. The zero-order chi connectivity index (χ0) is 12.3. The van der Waals surface area contributed by atoms with E-state index < -0.39 is 5.91 Å². The van der Waals surface area contributed by atoms with E-state index in [1.54, 1.807) is 24.5 Å². The summed E-state index contributed by atoms with van der Waals surface area (Å²) >= 11 is 5.87. The van der Waals surface area contributed by atoms with Crippen LogP contribution >= 0.6 is 11.6 Å². The molecular weight excluding hydrogens is 240 g/mol. The number of aromatic nitrogens is 2. The number of nitrogens with zero attached hydrogens (tertiary/aromatic N) is 2. The highest BCUT2D eigenvalue weighted by Gasteiger charge is 2.12. The van der Waals surface area contributed by atoms with Gasteiger partial charge in [-0.15, -0.1) is 0 Å². The Kier molecular flexibility index (Phi) is 3.20. The molecule has 0 aliphatic rings. The molecule has 3 N–H and O–H groups in total. The van der Waals surface area contributed by atoms with Gasteiger partial charge in [-0.2, -0.15) is 0 Å². The molecule has 0 atom stereocenters. The van der Waals surface area contributed by atoms with Gasteiger partial charge in [0.2, 0.25) is 0 Å². The molecule has 0 saturated carbocycles. The van der Waals surface area contributed by atoms with Crippen LogP contribution in [0.4, 0.5) is 11.5 Å².